The van der Waals surface area contributed by atoms with Crippen molar-refractivity contribution in [2.24, 2.45) is 47.3 Å². The molecule has 9 fully saturated rings. The minimum Gasteiger partial charge on any atom is -0.286 e. The van der Waals surface area contributed by atoms with Crippen LogP contribution in [-0.2, 0) is 0 Å². The minimum atomic E-state index is -0.605. The highest BCUT2D eigenvalue weighted by atomic mass is 35.5. The Balaban J connectivity index is 1.14. The number of hydrogen-bond acceptors (Lipinski definition) is 8. The lowest BCUT2D eigenvalue weighted by Crippen LogP contribution is -2.62. The molecule has 31 atom stereocenters. The van der Waals surface area contributed by atoms with Crippen molar-refractivity contribution in [3.63, 3.8) is 0 Å². The van der Waals surface area contributed by atoms with Crippen LogP contribution in [0.3, 0.4) is 0 Å². The molecule has 5 heterocycles. The lowest BCUT2D eigenvalue weighted by molar-refractivity contribution is 0.180. The zero-order chi connectivity index (χ0) is 39.3. The molecule has 5 aliphatic heterocycles. The molecular formula is C32H41Cl15N8. The van der Waals surface area contributed by atoms with Crippen LogP contribution in [0, 0.1) is 47.3 Å². The predicted molar refractivity (Wildman–Crippen MR) is 233 cm³/mol. The molecule has 8 N–H and O–H groups in total. The highest BCUT2D eigenvalue weighted by molar-refractivity contribution is 6.40. The summed E-state index contributed by atoms with van der Waals surface area (Å²) in [5, 5.41) is 22.6. The maximum absolute atomic E-state index is 7.25. The standard InChI is InChI=1S/C32H41Cl15N8/c33-3-1-2-4(12(35)11(3)34)26-48-25(2)49-27-5-6(14(37)20(43)19(42)13(5)36)29(51-27)53-31-9-10(18(41)24(47)23(46)17(9)40)32(55-31)54-30-8-7(28(50-26)52-30)15(38)21(44)22(45)16(8)39/h2-32,48-55H,1H2. The van der Waals surface area contributed by atoms with E-state index in [9.17, 15) is 0 Å². The molecule has 9 rings (SSSR count). The smallest absolute Gasteiger partial charge is 0.0681 e. The van der Waals surface area contributed by atoms with Gasteiger partial charge < -0.3 is 0 Å². The second-order valence-electron chi connectivity index (χ2n) is 16.8. The molecule has 0 amide bonds. The van der Waals surface area contributed by atoms with Crippen LogP contribution in [0.15, 0.2) is 0 Å². The molecule has 9 aliphatic rings. The summed E-state index contributed by atoms with van der Waals surface area (Å²) in [5.74, 6) is -1.75. The molecule has 5 saturated heterocycles. The summed E-state index contributed by atoms with van der Waals surface area (Å²) in [7, 11) is 0. The number of alkyl halides is 15. The fourth-order valence-electron chi connectivity index (χ4n) is 11.8. The Hall–Kier alpha value is 4.03. The minimum absolute atomic E-state index is 0.0299. The van der Waals surface area contributed by atoms with E-state index in [1.165, 1.54) is 0 Å². The second-order valence-corrected chi connectivity index (χ2v) is 24.4. The fraction of sp³-hybridized carbons (Fsp3) is 1.00. The van der Waals surface area contributed by atoms with Gasteiger partial charge in [0.15, 0.2) is 0 Å². The average molecular weight is 1070 g/mol. The summed E-state index contributed by atoms with van der Waals surface area (Å²) in [6.07, 6.45) is -2.38. The summed E-state index contributed by atoms with van der Waals surface area (Å²) < 4.78 is 0. The van der Waals surface area contributed by atoms with Crippen molar-refractivity contribution >= 4 is 174 Å². The van der Waals surface area contributed by atoms with Gasteiger partial charge in [-0.1, -0.05) is 0 Å². The molecule has 8 bridgehead atoms. The van der Waals surface area contributed by atoms with Gasteiger partial charge in [0.2, 0.25) is 0 Å². The van der Waals surface area contributed by atoms with Crippen molar-refractivity contribution in [1.82, 2.24) is 42.5 Å². The van der Waals surface area contributed by atoms with Crippen molar-refractivity contribution in [3.8, 4) is 0 Å². The SMILES string of the molecule is ClC1CC2C3NC(NC4NC(NC5NC(NC6NC(N3)C3C(Cl)C(Cl)C(Cl)C(Cl)C63)C3C(Cl)C(Cl)C(Cl)C(Cl)C53)C3C(Cl)C(Cl)C(Cl)C(Cl)C43)C2C(Cl)C1Cl. The van der Waals surface area contributed by atoms with Crippen LogP contribution in [0.25, 0.3) is 0 Å². The number of fused-ring (bicyclic) bond motifs is 20. The monoisotopic (exact) mass is 1060 g/mol. The van der Waals surface area contributed by atoms with E-state index in [4.69, 9.17) is 174 Å². The molecular weight excluding hydrogens is 1030 g/mol. The Kier molecular flexibility index (Phi) is 13.5. The molecule has 314 valence electrons. The first kappa shape index (κ1) is 44.2. The summed E-state index contributed by atoms with van der Waals surface area (Å²) >= 11 is 106. The Bertz CT molecular complexity index is 1430. The van der Waals surface area contributed by atoms with Gasteiger partial charge in [0.05, 0.1) is 130 Å². The molecule has 4 aliphatic carbocycles. The van der Waals surface area contributed by atoms with E-state index < -0.39 is 99.9 Å². The largest absolute Gasteiger partial charge is 0.286 e. The summed E-state index contributed by atoms with van der Waals surface area (Å²) in [5.41, 5.74) is 0. The van der Waals surface area contributed by atoms with Crippen molar-refractivity contribution in [2.45, 2.75) is 136 Å². The molecule has 8 nitrogen and oxygen atoms in total. The molecule has 23 heteroatoms. The van der Waals surface area contributed by atoms with E-state index in [0.717, 1.165) is 0 Å². The van der Waals surface area contributed by atoms with Crippen molar-refractivity contribution in [2.75, 3.05) is 0 Å². The molecule has 0 spiro atoms. The van der Waals surface area contributed by atoms with Gasteiger partial charge in [0.25, 0.3) is 0 Å². The van der Waals surface area contributed by atoms with Gasteiger partial charge in [-0.25, -0.2) is 0 Å². The maximum Gasteiger partial charge on any atom is 0.0681 e. The van der Waals surface area contributed by atoms with E-state index >= 15 is 0 Å². The van der Waals surface area contributed by atoms with Gasteiger partial charge in [-0.15, -0.1) is 174 Å². The molecule has 31 unspecified atom stereocenters. The van der Waals surface area contributed by atoms with Gasteiger partial charge in [0.1, 0.15) is 0 Å². The fourth-order valence-corrected chi connectivity index (χ4v) is 18.2. The third-order valence-corrected chi connectivity index (χ3v) is 23.9. The van der Waals surface area contributed by atoms with Crippen LogP contribution in [0.2, 0.25) is 0 Å². The highest BCUT2D eigenvalue weighted by Gasteiger charge is 2.65. The van der Waals surface area contributed by atoms with Crippen molar-refractivity contribution in [3.05, 3.63) is 0 Å². The first-order valence-electron chi connectivity index (χ1n) is 18.7. The highest BCUT2D eigenvalue weighted by Crippen LogP contribution is 2.53. The first-order chi connectivity index (χ1) is 26.0. The van der Waals surface area contributed by atoms with Crippen LogP contribution in [0.5, 0.6) is 0 Å². The third-order valence-electron chi connectivity index (χ3n) is 14.3. The Morgan fingerprint density at radius 2 is 0.418 bits per heavy atom. The Morgan fingerprint density at radius 3 is 0.673 bits per heavy atom. The predicted octanol–water partition coefficient (Wildman–Crippen LogP) is 5.87. The van der Waals surface area contributed by atoms with Gasteiger partial charge in [-0.3, -0.25) is 42.5 Å². The third kappa shape index (κ3) is 7.11. The Labute approximate surface area is 396 Å². The number of halogens is 15. The van der Waals surface area contributed by atoms with E-state index in [2.05, 4.69) is 42.5 Å². The zero-order valence-electron chi connectivity index (χ0n) is 28.3. The molecule has 0 radical (unpaired) electrons. The van der Waals surface area contributed by atoms with E-state index in [-0.39, 0.29) is 77.4 Å². The molecule has 0 aromatic heterocycles. The van der Waals surface area contributed by atoms with E-state index in [1.54, 1.807) is 0 Å². The maximum atomic E-state index is 7.25. The van der Waals surface area contributed by atoms with Crippen LogP contribution in [0.1, 0.15) is 6.42 Å². The quantitative estimate of drug-likeness (QED) is 0.143. The van der Waals surface area contributed by atoms with Gasteiger partial charge in [-0.05, 0) is 12.3 Å². The normalized spacial score (nSPS) is 65.6. The molecule has 4 saturated carbocycles. The van der Waals surface area contributed by atoms with Crippen molar-refractivity contribution < 1.29 is 0 Å². The molecule has 0 aromatic rings. The van der Waals surface area contributed by atoms with Crippen molar-refractivity contribution in [1.29, 1.82) is 0 Å². The number of hydrogen-bond donors (Lipinski definition) is 8. The topological polar surface area (TPSA) is 96.2 Å². The van der Waals surface area contributed by atoms with E-state index in [1.807, 2.05) is 0 Å². The Morgan fingerprint density at radius 1 is 0.218 bits per heavy atom. The van der Waals surface area contributed by atoms with Gasteiger partial charge in [-0.2, -0.15) is 0 Å². The number of rotatable bonds is 0. The lowest BCUT2D eigenvalue weighted by atomic mass is 9.75. The van der Waals surface area contributed by atoms with Crippen LogP contribution in [-0.4, -0.2) is 130 Å². The lowest BCUT2D eigenvalue weighted by Gasteiger charge is -2.45. The van der Waals surface area contributed by atoms with Crippen LogP contribution < -0.4 is 42.5 Å². The molecule has 0 aromatic carbocycles. The van der Waals surface area contributed by atoms with E-state index in [0.29, 0.717) is 6.42 Å². The van der Waals surface area contributed by atoms with Crippen LogP contribution in [0.4, 0.5) is 0 Å². The van der Waals surface area contributed by atoms with Gasteiger partial charge in [0, 0.05) is 41.4 Å². The second kappa shape index (κ2) is 16.8. The average Bonchev–Trinajstić information content (AvgIpc) is 3.89. The summed E-state index contributed by atoms with van der Waals surface area (Å²) in [6.45, 7) is 0. The van der Waals surface area contributed by atoms with Crippen LogP contribution >= 0.6 is 174 Å². The summed E-state index contributed by atoms with van der Waals surface area (Å²) in [6, 6.07) is 0. The van der Waals surface area contributed by atoms with Gasteiger partial charge >= 0.3 is 0 Å². The summed E-state index contributed by atoms with van der Waals surface area (Å²) in [4.78, 5) is 0. The first-order valence-corrected chi connectivity index (χ1v) is 25.3. The molecule has 55 heavy (non-hydrogen) atoms. The number of nitrogens with one attached hydrogen (secondary N) is 8. The zero-order valence-corrected chi connectivity index (χ0v) is 39.6.